The van der Waals surface area contributed by atoms with Gasteiger partial charge in [0.25, 0.3) is 0 Å². The number of furan rings is 2. The largest absolute Gasteiger partial charge is 0.456 e. The van der Waals surface area contributed by atoms with Crippen molar-refractivity contribution in [3.63, 3.8) is 0 Å². The van der Waals surface area contributed by atoms with Crippen LogP contribution in [-0.4, -0.2) is 19.5 Å². The molecule has 4 heterocycles. The number of rotatable bonds is 4. The summed E-state index contributed by atoms with van der Waals surface area (Å²) < 4.78 is 15.6. The van der Waals surface area contributed by atoms with Crippen LogP contribution in [0, 0.1) is 0 Å². The second-order valence-electron chi connectivity index (χ2n) is 16.4. The summed E-state index contributed by atoms with van der Waals surface area (Å²) in [4.78, 5) is 15.2. The Labute approximate surface area is 358 Å². The fourth-order valence-corrected chi connectivity index (χ4v) is 9.77. The van der Waals surface area contributed by atoms with E-state index in [-0.39, 0.29) is 0 Å². The monoisotopic (exact) mass is 804 g/mol. The van der Waals surface area contributed by atoms with Crippen molar-refractivity contribution in [2.24, 2.45) is 0 Å². The molecule has 6 heteroatoms. The minimum atomic E-state index is 0.557. The zero-order chi connectivity index (χ0) is 41.2. The highest BCUT2D eigenvalue weighted by Crippen LogP contribution is 2.43. The molecule has 0 saturated carbocycles. The predicted octanol–water partition coefficient (Wildman–Crippen LogP) is 15.2. The summed E-state index contributed by atoms with van der Waals surface area (Å²) in [5.74, 6) is 1.71. The first-order chi connectivity index (χ1) is 31.2. The number of aromatic nitrogens is 4. The van der Waals surface area contributed by atoms with Gasteiger partial charge in [0, 0.05) is 59.8 Å². The third-order valence-electron chi connectivity index (χ3n) is 12.8. The van der Waals surface area contributed by atoms with Crippen molar-refractivity contribution in [2.45, 2.75) is 0 Å². The fourth-order valence-electron chi connectivity index (χ4n) is 9.77. The smallest absolute Gasteiger partial charge is 0.164 e. The summed E-state index contributed by atoms with van der Waals surface area (Å²) in [6.45, 7) is 0. The number of hydrogen-bond donors (Lipinski definition) is 0. The van der Waals surface area contributed by atoms with Crippen LogP contribution >= 0.6 is 0 Å². The van der Waals surface area contributed by atoms with Gasteiger partial charge in [-0.3, -0.25) is 0 Å². The quantitative estimate of drug-likeness (QED) is 0.177. The number of fused-ring (bicyclic) bond motifs is 13. The molecule has 14 aromatic rings. The molecule has 0 saturated heterocycles. The SMILES string of the molecule is c1ccc(-c2nc(-c3ccc4c(c3)oc3ccccc34)nc(-c3ccc4c(c3)oc3c5ccccc5c(-n5c6cc7ccccc7cc6c6cc7ccccc7cc65)cc43)n2)cc1. The van der Waals surface area contributed by atoms with Gasteiger partial charge >= 0.3 is 0 Å². The highest BCUT2D eigenvalue weighted by atomic mass is 16.3. The van der Waals surface area contributed by atoms with Gasteiger partial charge in [-0.05, 0) is 82.2 Å². The van der Waals surface area contributed by atoms with Crippen molar-refractivity contribution < 1.29 is 8.83 Å². The third-order valence-corrected chi connectivity index (χ3v) is 12.8. The Balaban J connectivity index is 0.983. The molecule has 0 aliphatic carbocycles. The Bertz CT molecular complexity index is 4120. The van der Waals surface area contributed by atoms with Gasteiger partial charge in [0.2, 0.25) is 0 Å². The lowest BCUT2D eigenvalue weighted by molar-refractivity contribution is 0.669. The Hall–Kier alpha value is -8.61. The molecule has 10 aromatic carbocycles. The molecule has 6 nitrogen and oxygen atoms in total. The van der Waals surface area contributed by atoms with Gasteiger partial charge in [-0.1, -0.05) is 133 Å². The number of nitrogens with zero attached hydrogens (tertiary/aromatic N) is 4. The van der Waals surface area contributed by atoms with Crippen molar-refractivity contribution in [2.75, 3.05) is 0 Å². The summed E-state index contributed by atoms with van der Waals surface area (Å²) in [5.41, 5.74) is 9.26. The average molecular weight is 805 g/mol. The fraction of sp³-hybridized carbons (Fsp3) is 0. The van der Waals surface area contributed by atoms with Crippen molar-refractivity contribution in [1.82, 2.24) is 19.5 Å². The van der Waals surface area contributed by atoms with Crippen molar-refractivity contribution >= 4 is 98.0 Å². The number of benzene rings is 10. The molecule has 0 atom stereocenters. The van der Waals surface area contributed by atoms with E-state index < -0.39 is 0 Å². The van der Waals surface area contributed by atoms with E-state index >= 15 is 0 Å². The summed E-state index contributed by atoms with van der Waals surface area (Å²) in [6, 6.07) is 68.2. The van der Waals surface area contributed by atoms with Crippen LogP contribution in [0.15, 0.2) is 203 Å². The standard InChI is InChI=1S/C57H32N4O2/c1-2-12-33(13-3-1)55-58-56(38-22-24-42-41-19-10-11-21-51(41)62-52(42)30-38)60-57(59-55)39-23-25-43-47-32-50(40-18-8-9-20-44(40)54(47)63-53(43)31-39)61-48-28-36-16-6-4-14-34(36)26-45(48)46-27-35-15-5-7-17-37(35)29-49(46)61/h1-32H. The van der Waals surface area contributed by atoms with Gasteiger partial charge in [-0.2, -0.15) is 0 Å². The zero-order valence-corrected chi connectivity index (χ0v) is 33.6. The molecule has 292 valence electrons. The molecular weight excluding hydrogens is 773 g/mol. The van der Waals surface area contributed by atoms with E-state index in [1.54, 1.807) is 0 Å². The molecule has 4 aromatic heterocycles. The molecule has 0 N–H and O–H groups in total. The molecule has 14 rings (SSSR count). The first kappa shape index (κ1) is 34.1. The Kier molecular flexibility index (Phi) is 7.02. The van der Waals surface area contributed by atoms with Gasteiger partial charge < -0.3 is 13.4 Å². The normalized spacial score (nSPS) is 12.1. The lowest BCUT2D eigenvalue weighted by Crippen LogP contribution is -2.00. The first-order valence-corrected chi connectivity index (χ1v) is 21.2. The van der Waals surface area contributed by atoms with E-state index in [0.717, 1.165) is 88.1 Å². The van der Waals surface area contributed by atoms with Crippen LogP contribution in [0.2, 0.25) is 0 Å². The average Bonchev–Trinajstić information content (AvgIpc) is 4.01. The minimum Gasteiger partial charge on any atom is -0.456 e. The van der Waals surface area contributed by atoms with Crippen LogP contribution in [-0.2, 0) is 0 Å². The molecule has 0 aliphatic heterocycles. The second-order valence-corrected chi connectivity index (χ2v) is 16.4. The lowest BCUT2D eigenvalue weighted by Gasteiger charge is -2.13. The molecular formula is C57H32N4O2. The van der Waals surface area contributed by atoms with Crippen LogP contribution in [0.1, 0.15) is 0 Å². The van der Waals surface area contributed by atoms with Gasteiger partial charge in [0.15, 0.2) is 17.5 Å². The second kappa shape index (κ2) is 12.9. The van der Waals surface area contributed by atoms with E-state index in [2.05, 4.69) is 144 Å². The van der Waals surface area contributed by atoms with Crippen LogP contribution in [0.3, 0.4) is 0 Å². The van der Waals surface area contributed by atoms with Crippen molar-refractivity contribution in [3.8, 4) is 39.9 Å². The predicted molar refractivity (Wildman–Crippen MR) is 258 cm³/mol. The van der Waals surface area contributed by atoms with E-state index in [1.165, 1.54) is 32.3 Å². The van der Waals surface area contributed by atoms with Crippen molar-refractivity contribution in [3.05, 3.63) is 194 Å². The summed E-state index contributed by atoms with van der Waals surface area (Å²) in [5, 5.41) is 13.7. The number of para-hydroxylation sites is 1. The molecule has 0 radical (unpaired) electrons. The molecule has 0 spiro atoms. The first-order valence-electron chi connectivity index (χ1n) is 21.2. The summed E-state index contributed by atoms with van der Waals surface area (Å²) in [6.07, 6.45) is 0. The highest BCUT2D eigenvalue weighted by molar-refractivity contribution is 6.21. The maximum Gasteiger partial charge on any atom is 0.164 e. The zero-order valence-electron chi connectivity index (χ0n) is 33.6. The molecule has 0 bridgehead atoms. The third kappa shape index (κ3) is 5.15. The maximum absolute atomic E-state index is 6.90. The lowest BCUT2D eigenvalue weighted by atomic mass is 10.0. The number of hydrogen-bond acceptors (Lipinski definition) is 5. The molecule has 0 unspecified atom stereocenters. The van der Waals surface area contributed by atoms with Crippen LogP contribution in [0.5, 0.6) is 0 Å². The summed E-state index contributed by atoms with van der Waals surface area (Å²) >= 11 is 0. The topological polar surface area (TPSA) is 69.9 Å². The molecule has 0 aliphatic rings. The van der Waals surface area contributed by atoms with Gasteiger partial charge in [-0.15, -0.1) is 0 Å². The van der Waals surface area contributed by atoms with E-state index in [1.807, 2.05) is 54.6 Å². The van der Waals surface area contributed by atoms with Crippen molar-refractivity contribution in [1.29, 1.82) is 0 Å². The minimum absolute atomic E-state index is 0.557. The van der Waals surface area contributed by atoms with Crippen LogP contribution in [0.4, 0.5) is 0 Å². The van der Waals surface area contributed by atoms with E-state index in [9.17, 15) is 0 Å². The highest BCUT2D eigenvalue weighted by Gasteiger charge is 2.21. The van der Waals surface area contributed by atoms with Gasteiger partial charge in [0.05, 0.1) is 16.7 Å². The Morgan fingerprint density at radius 1 is 0.302 bits per heavy atom. The van der Waals surface area contributed by atoms with Crippen LogP contribution in [0.25, 0.3) is 138 Å². The molecule has 63 heavy (non-hydrogen) atoms. The Morgan fingerprint density at radius 3 is 1.41 bits per heavy atom. The Morgan fingerprint density at radius 2 is 0.778 bits per heavy atom. The van der Waals surface area contributed by atoms with Gasteiger partial charge in [-0.25, -0.2) is 15.0 Å². The summed E-state index contributed by atoms with van der Waals surface area (Å²) in [7, 11) is 0. The van der Waals surface area contributed by atoms with Crippen LogP contribution < -0.4 is 0 Å². The molecule has 0 amide bonds. The van der Waals surface area contributed by atoms with Gasteiger partial charge in [0.1, 0.15) is 22.3 Å². The maximum atomic E-state index is 6.90. The van der Waals surface area contributed by atoms with E-state index in [0.29, 0.717) is 17.5 Å². The van der Waals surface area contributed by atoms with E-state index in [4.69, 9.17) is 23.8 Å². The molecule has 0 fully saturated rings.